The SMILES string of the molecule is CCNC(=O)CNc1ccc(C(=O)NC)cc1N. The summed E-state index contributed by atoms with van der Waals surface area (Å²) >= 11 is 0. The zero-order chi connectivity index (χ0) is 13.5. The molecule has 0 unspecified atom stereocenters. The van der Waals surface area contributed by atoms with Crippen molar-refractivity contribution in [2.75, 3.05) is 31.2 Å². The van der Waals surface area contributed by atoms with Gasteiger partial charge in [0, 0.05) is 19.2 Å². The maximum absolute atomic E-state index is 11.4. The van der Waals surface area contributed by atoms with Gasteiger partial charge in [-0.3, -0.25) is 9.59 Å². The standard InChI is InChI=1S/C12H18N4O2/c1-3-15-11(17)7-16-10-5-4-8(6-9(10)13)12(18)14-2/h4-6,16H,3,7,13H2,1-2H3,(H,14,18)(H,15,17). The fourth-order valence-corrected chi connectivity index (χ4v) is 1.44. The number of anilines is 2. The summed E-state index contributed by atoms with van der Waals surface area (Å²) in [6.45, 7) is 2.59. The minimum atomic E-state index is -0.197. The van der Waals surface area contributed by atoms with Crippen LogP contribution in [0.4, 0.5) is 11.4 Å². The number of likely N-dealkylation sites (N-methyl/N-ethyl adjacent to an activating group) is 1. The molecule has 0 radical (unpaired) electrons. The van der Waals surface area contributed by atoms with Crippen molar-refractivity contribution in [3.63, 3.8) is 0 Å². The molecule has 6 nitrogen and oxygen atoms in total. The summed E-state index contributed by atoms with van der Waals surface area (Å²) in [5.41, 5.74) is 7.35. The van der Waals surface area contributed by atoms with E-state index in [-0.39, 0.29) is 18.4 Å². The Morgan fingerprint density at radius 3 is 2.61 bits per heavy atom. The van der Waals surface area contributed by atoms with Crippen molar-refractivity contribution in [1.82, 2.24) is 10.6 Å². The van der Waals surface area contributed by atoms with Gasteiger partial charge in [-0.25, -0.2) is 0 Å². The van der Waals surface area contributed by atoms with E-state index in [0.29, 0.717) is 23.5 Å². The predicted octanol–water partition coefficient (Wildman–Crippen LogP) is 0.176. The van der Waals surface area contributed by atoms with Gasteiger partial charge < -0.3 is 21.7 Å². The maximum atomic E-state index is 11.4. The largest absolute Gasteiger partial charge is 0.397 e. The third-order valence-corrected chi connectivity index (χ3v) is 2.35. The highest BCUT2D eigenvalue weighted by Crippen LogP contribution is 2.19. The van der Waals surface area contributed by atoms with Gasteiger partial charge in [-0.15, -0.1) is 0 Å². The van der Waals surface area contributed by atoms with Gasteiger partial charge in [0.1, 0.15) is 0 Å². The molecule has 1 aromatic rings. The van der Waals surface area contributed by atoms with E-state index in [0.717, 1.165) is 0 Å². The first kappa shape index (κ1) is 13.8. The van der Waals surface area contributed by atoms with Gasteiger partial charge in [0.2, 0.25) is 5.91 Å². The van der Waals surface area contributed by atoms with E-state index >= 15 is 0 Å². The molecule has 0 saturated carbocycles. The summed E-state index contributed by atoms with van der Waals surface area (Å²) in [5, 5.41) is 8.10. The highest BCUT2D eigenvalue weighted by atomic mass is 16.2. The number of amides is 2. The molecule has 1 aromatic carbocycles. The zero-order valence-electron chi connectivity index (χ0n) is 10.5. The molecule has 1 rings (SSSR count). The molecule has 0 atom stereocenters. The number of hydrogen-bond donors (Lipinski definition) is 4. The van der Waals surface area contributed by atoms with Crippen molar-refractivity contribution in [3.05, 3.63) is 23.8 Å². The number of nitrogens with one attached hydrogen (secondary N) is 3. The fraction of sp³-hybridized carbons (Fsp3) is 0.333. The zero-order valence-corrected chi connectivity index (χ0v) is 10.5. The molecule has 0 aliphatic carbocycles. The van der Waals surface area contributed by atoms with Gasteiger partial charge in [-0.2, -0.15) is 0 Å². The van der Waals surface area contributed by atoms with E-state index in [4.69, 9.17) is 5.73 Å². The second-order valence-electron chi connectivity index (χ2n) is 3.69. The summed E-state index contributed by atoms with van der Waals surface area (Å²) in [6.07, 6.45) is 0. The van der Waals surface area contributed by atoms with E-state index in [1.165, 1.54) is 0 Å². The molecule has 0 bridgehead atoms. The van der Waals surface area contributed by atoms with Gasteiger partial charge in [0.05, 0.1) is 17.9 Å². The Morgan fingerprint density at radius 1 is 1.33 bits per heavy atom. The van der Waals surface area contributed by atoms with Crippen molar-refractivity contribution in [2.45, 2.75) is 6.92 Å². The molecular formula is C12H18N4O2. The van der Waals surface area contributed by atoms with Crippen LogP contribution in [0, 0.1) is 0 Å². The first-order valence-corrected chi connectivity index (χ1v) is 5.70. The summed E-state index contributed by atoms with van der Waals surface area (Å²) in [5.74, 6) is -0.302. The van der Waals surface area contributed by atoms with Crippen LogP contribution in [0.25, 0.3) is 0 Å². The Labute approximate surface area is 106 Å². The normalized spacial score (nSPS) is 9.67. The summed E-state index contributed by atoms with van der Waals surface area (Å²) in [6, 6.07) is 4.90. The average Bonchev–Trinajstić information content (AvgIpc) is 2.36. The molecule has 0 aliphatic rings. The van der Waals surface area contributed by atoms with Crippen LogP contribution >= 0.6 is 0 Å². The minimum absolute atomic E-state index is 0.104. The van der Waals surface area contributed by atoms with Crippen LogP contribution in [0.15, 0.2) is 18.2 Å². The van der Waals surface area contributed by atoms with E-state index in [1.54, 1.807) is 25.2 Å². The number of hydrogen-bond acceptors (Lipinski definition) is 4. The monoisotopic (exact) mass is 250 g/mol. The van der Waals surface area contributed by atoms with Crippen molar-refractivity contribution in [1.29, 1.82) is 0 Å². The quantitative estimate of drug-likeness (QED) is 0.560. The van der Waals surface area contributed by atoms with Crippen molar-refractivity contribution < 1.29 is 9.59 Å². The summed E-state index contributed by atoms with van der Waals surface area (Å²) in [4.78, 5) is 22.6. The van der Waals surface area contributed by atoms with Gasteiger partial charge >= 0.3 is 0 Å². The number of rotatable bonds is 5. The third-order valence-electron chi connectivity index (χ3n) is 2.35. The lowest BCUT2D eigenvalue weighted by molar-refractivity contribution is -0.119. The molecule has 0 spiro atoms. The maximum Gasteiger partial charge on any atom is 0.251 e. The highest BCUT2D eigenvalue weighted by Gasteiger charge is 2.07. The van der Waals surface area contributed by atoms with Gasteiger partial charge in [0.25, 0.3) is 5.91 Å². The highest BCUT2D eigenvalue weighted by molar-refractivity contribution is 5.96. The molecule has 0 saturated heterocycles. The lowest BCUT2D eigenvalue weighted by Crippen LogP contribution is -2.29. The Kier molecular flexibility index (Phi) is 4.98. The Morgan fingerprint density at radius 2 is 2.06 bits per heavy atom. The van der Waals surface area contributed by atoms with Crippen LogP contribution in [-0.2, 0) is 4.79 Å². The molecule has 0 heterocycles. The van der Waals surface area contributed by atoms with E-state index in [1.807, 2.05) is 6.92 Å². The fourth-order valence-electron chi connectivity index (χ4n) is 1.44. The third kappa shape index (κ3) is 3.65. The lowest BCUT2D eigenvalue weighted by Gasteiger charge is -2.10. The smallest absolute Gasteiger partial charge is 0.251 e. The van der Waals surface area contributed by atoms with Crippen molar-refractivity contribution in [3.8, 4) is 0 Å². The van der Waals surface area contributed by atoms with Gasteiger partial charge in [-0.05, 0) is 25.1 Å². The number of nitrogens with two attached hydrogens (primary N) is 1. The number of carbonyl (C=O) groups is 2. The number of benzene rings is 1. The molecule has 2 amide bonds. The van der Waals surface area contributed by atoms with Crippen molar-refractivity contribution in [2.24, 2.45) is 0 Å². The Bertz CT molecular complexity index is 446. The van der Waals surface area contributed by atoms with Crippen LogP contribution in [-0.4, -0.2) is 32.0 Å². The summed E-state index contributed by atoms with van der Waals surface area (Å²) < 4.78 is 0. The lowest BCUT2D eigenvalue weighted by atomic mass is 10.1. The minimum Gasteiger partial charge on any atom is -0.397 e. The molecule has 98 valence electrons. The first-order chi connectivity index (χ1) is 8.58. The second-order valence-corrected chi connectivity index (χ2v) is 3.69. The molecule has 18 heavy (non-hydrogen) atoms. The van der Waals surface area contributed by atoms with Crippen LogP contribution in [0.2, 0.25) is 0 Å². The molecule has 5 N–H and O–H groups in total. The Hall–Kier alpha value is -2.24. The van der Waals surface area contributed by atoms with Crippen LogP contribution in [0.3, 0.4) is 0 Å². The van der Waals surface area contributed by atoms with Gasteiger partial charge in [0.15, 0.2) is 0 Å². The number of carbonyl (C=O) groups excluding carboxylic acids is 2. The molecule has 6 heteroatoms. The van der Waals surface area contributed by atoms with E-state index in [9.17, 15) is 9.59 Å². The molecular weight excluding hydrogens is 232 g/mol. The first-order valence-electron chi connectivity index (χ1n) is 5.70. The molecule has 0 aromatic heterocycles. The second kappa shape index (κ2) is 6.48. The average molecular weight is 250 g/mol. The molecule has 0 fully saturated rings. The van der Waals surface area contributed by atoms with E-state index in [2.05, 4.69) is 16.0 Å². The Balaban J connectivity index is 2.68. The predicted molar refractivity (Wildman–Crippen MR) is 71.4 cm³/mol. The van der Waals surface area contributed by atoms with Crippen LogP contribution in [0.1, 0.15) is 17.3 Å². The van der Waals surface area contributed by atoms with Crippen LogP contribution in [0.5, 0.6) is 0 Å². The van der Waals surface area contributed by atoms with Crippen LogP contribution < -0.4 is 21.7 Å². The molecule has 0 aliphatic heterocycles. The van der Waals surface area contributed by atoms with Crippen molar-refractivity contribution >= 4 is 23.2 Å². The number of nitrogen functional groups attached to an aromatic ring is 1. The summed E-state index contributed by atoms with van der Waals surface area (Å²) in [7, 11) is 1.56. The topological polar surface area (TPSA) is 96.2 Å². The van der Waals surface area contributed by atoms with Gasteiger partial charge in [-0.1, -0.05) is 0 Å². The van der Waals surface area contributed by atoms with E-state index < -0.39 is 0 Å².